The number of fused-ring (bicyclic) bond motifs is 1. The number of amides is 1. The van der Waals surface area contributed by atoms with E-state index >= 15 is 0 Å². The van der Waals surface area contributed by atoms with Crippen molar-refractivity contribution in [1.82, 2.24) is 24.6 Å². The Morgan fingerprint density at radius 1 is 1.46 bits per heavy atom. The second-order valence-electron chi connectivity index (χ2n) is 6.24. The summed E-state index contributed by atoms with van der Waals surface area (Å²) in [5.74, 6) is -0.0580. The summed E-state index contributed by atoms with van der Waals surface area (Å²) in [6, 6.07) is 1.99. The highest BCUT2D eigenvalue weighted by molar-refractivity contribution is 7.16. The number of hydrogen-bond donors (Lipinski definition) is 0. The zero-order chi connectivity index (χ0) is 18.3. The van der Waals surface area contributed by atoms with Gasteiger partial charge in [-0.25, -0.2) is 9.67 Å². The molecule has 0 radical (unpaired) electrons. The minimum atomic E-state index is -0.0580. The summed E-state index contributed by atoms with van der Waals surface area (Å²) in [5, 5.41) is 22.9. The molecule has 0 spiro atoms. The first-order valence-corrected chi connectivity index (χ1v) is 8.87. The lowest BCUT2D eigenvalue weighted by molar-refractivity contribution is 0.0712. The number of nitriles is 2. The Kier molecular flexibility index (Phi) is 4.07. The molecule has 0 unspecified atom stereocenters. The van der Waals surface area contributed by atoms with E-state index in [-0.39, 0.29) is 18.0 Å². The molecule has 1 amide bonds. The second kappa shape index (κ2) is 6.41. The van der Waals surface area contributed by atoms with Crippen molar-refractivity contribution in [2.75, 3.05) is 20.3 Å². The van der Waals surface area contributed by atoms with Gasteiger partial charge in [0.1, 0.15) is 10.9 Å². The molecule has 2 aromatic rings. The number of aromatic nitrogens is 3. The van der Waals surface area contributed by atoms with Crippen molar-refractivity contribution in [3.8, 4) is 17.4 Å². The zero-order valence-electron chi connectivity index (χ0n) is 14.0. The van der Waals surface area contributed by atoms with Crippen molar-refractivity contribution in [1.29, 1.82) is 10.5 Å². The molecule has 1 fully saturated rings. The molecule has 0 bridgehead atoms. The summed E-state index contributed by atoms with van der Waals surface area (Å²) in [5.41, 5.74) is 1.17. The lowest BCUT2D eigenvalue weighted by Crippen LogP contribution is -2.37. The number of nitrogens with zero attached hydrogens (tertiary/aromatic N) is 7. The summed E-state index contributed by atoms with van der Waals surface area (Å²) in [4.78, 5) is 21.4. The number of carbonyl (C=O) groups is 1. The van der Waals surface area contributed by atoms with Gasteiger partial charge in [0.05, 0.1) is 48.9 Å². The lowest BCUT2D eigenvalue weighted by Gasteiger charge is -2.22. The molecule has 10 heteroatoms. The smallest absolute Gasteiger partial charge is 0.266 e. The number of ether oxygens (including phenoxy) is 1. The molecular formula is C16H15N7O2S. The molecule has 2 aromatic heterocycles. The SMILES string of the molecule is COC[C@@H]1C[C@@H](N2Cc3nc(-n4cc(C#N)cn4)sc3C2=O)CN1C#N. The molecule has 0 aromatic carbocycles. The van der Waals surface area contributed by atoms with Crippen molar-refractivity contribution in [3.05, 3.63) is 28.5 Å². The largest absolute Gasteiger partial charge is 0.383 e. The molecule has 26 heavy (non-hydrogen) atoms. The van der Waals surface area contributed by atoms with Gasteiger partial charge in [0, 0.05) is 13.7 Å². The minimum Gasteiger partial charge on any atom is -0.383 e. The number of hydrogen-bond acceptors (Lipinski definition) is 8. The van der Waals surface area contributed by atoms with Crippen LogP contribution in [-0.2, 0) is 11.3 Å². The van der Waals surface area contributed by atoms with E-state index in [9.17, 15) is 10.1 Å². The molecular weight excluding hydrogens is 354 g/mol. The van der Waals surface area contributed by atoms with Crippen molar-refractivity contribution >= 4 is 17.2 Å². The fourth-order valence-electron chi connectivity index (χ4n) is 3.45. The maximum absolute atomic E-state index is 12.8. The lowest BCUT2D eigenvalue weighted by atomic mass is 10.1. The maximum Gasteiger partial charge on any atom is 0.266 e. The van der Waals surface area contributed by atoms with Crippen LogP contribution in [-0.4, -0.2) is 62.8 Å². The van der Waals surface area contributed by atoms with E-state index in [4.69, 9.17) is 10.00 Å². The number of methoxy groups -OCH3 is 1. The third-order valence-corrected chi connectivity index (χ3v) is 5.76. The van der Waals surface area contributed by atoms with Crippen LogP contribution in [0.3, 0.4) is 0 Å². The fourth-order valence-corrected chi connectivity index (χ4v) is 4.41. The predicted octanol–water partition coefficient (Wildman–Crippen LogP) is 0.727. The molecule has 9 nitrogen and oxygen atoms in total. The van der Waals surface area contributed by atoms with E-state index in [0.29, 0.717) is 41.7 Å². The Morgan fingerprint density at radius 2 is 2.31 bits per heavy atom. The van der Waals surface area contributed by atoms with Crippen LogP contribution >= 0.6 is 11.3 Å². The fraction of sp³-hybridized carbons (Fsp3) is 0.438. The summed E-state index contributed by atoms with van der Waals surface area (Å²) >= 11 is 1.27. The monoisotopic (exact) mass is 369 g/mol. The van der Waals surface area contributed by atoms with Crippen molar-refractivity contribution in [2.24, 2.45) is 0 Å². The van der Waals surface area contributed by atoms with Crippen LogP contribution in [0.5, 0.6) is 0 Å². The van der Waals surface area contributed by atoms with Gasteiger partial charge < -0.3 is 14.5 Å². The van der Waals surface area contributed by atoms with Crippen molar-refractivity contribution < 1.29 is 9.53 Å². The highest BCUT2D eigenvalue weighted by Gasteiger charge is 2.42. The third kappa shape index (κ3) is 2.60. The Morgan fingerprint density at radius 3 is 2.96 bits per heavy atom. The summed E-state index contributed by atoms with van der Waals surface area (Å²) < 4.78 is 6.69. The van der Waals surface area contributed by atoms with E-state index in [1.165, 1.54) is 22.2 Å². The highest BCUT2D eigenvalue weighted by Crippen LogP contribution is 2.34. The summed E-state index contributed by atoms with van der Waals surface area (Å²) in [7, 11) is 1.61. The number of carbonyl (C=O) groups excluding carboxylic acids is 1. The Labute approximate surface area is 153 Å². The van der Waals surface area contributed by atoms with Crippen LogP contribution in [0.15, 0.2) is 12.4 Å². The van der Waals surface area contributed by atoms with Crippen LogP contribution < -0.4 is 0 Å². The molecule has 4 heterocycles. The standard InChI is InChI=1S/C16H15N7O2S/c1-25-8-12-2-11(6-21(12)9-18)22-7-13-14(15(22)24)26-16(20-13)23-5-10(3-17)4-19-23/h4-5,11-12H,2,6-8H2,1H3/t11-,12+/m1/s1. The summed E-state index contributed by atoms with van der Waals surface area (Å²) in [6.07, 6.45) is 5.95. The van der Waals surface area contributed by atoms with Gasteiger partial charge in [-0.3, -0.25) is 4.79 Å². The van der Waals surface area contributed by atoms with Crippen LogP contribution in [0.2, 0.25) is 0 Å². The van der Waals surface area contributed by atoms with Crippen molar-refractivity contribution in [2.45, 2.75) is 25.0 Å². The maximum atomic E-state index is 12.8. The first-order valence-electron chi connectivity index (χ1n) is 8.05. The molecule has 0 aliphatic carbocycles. The van der Waals surface area contributed by atoms with E-state index in [2.05, 4.69) is 16.3 Å². The Hall–Kier alpha value is -2.95. The second-order valence-corrected chi connectivity index (χ2v) is 7.22. The van der Waals surface area contributed by atoms with E-state index in [0.717, 1.165) is 5.69 Å². The zero-order valence-corrected chi connectivity index (χ0v) is 14.8. The molecule has 132 valence electrons. The minimum absolute atomic E-state index is 0.00145. The van der Waals surface area contributed by atoms with Gasteiger partial charge >= 0.3 is 0 Å². The Bertz CT molecular complexity index is 937. The van der Waals surface area contributed by atoms with E-state index in [1.807, 2.05) is 6.07 Å². The normalized spacial score (nSPS) is 21.7. The van der Waals surface area contributed by atoms with Crippen LogP contribution in [0.4, 0.5) is 0 Å². The molecule has 2 aliphatic rings. The van der Waals surface area contributed by atoms with Gasteiger partial charge in [0.2, 0.25) is 5.13 Å². The van der Waals surface area contributed by atoms with Crippen LogP contribution in [0.1, 0.15) is 27.3 Å². The van der Waals surface area contributed by atoms with Gasteiger partial charge in [-0.1, -0.05) is 11.3 Å². The van der Waals surface area contributed by atoms with Gasteiger partial charge in [-0.15, -0.1) is 0 Å². The van der Waals surface area contributed by atoms with Gasteiger partial charge in [0.15, 0.2) is 6.19 Å². The average Bonchev–Trinajstić information content (AvgIpc) is 3.39. The summed E-state index contributed by atoms with van der Waals surface area (Å²) in [6.45, 7) is 1.42. The molecule has 0 saturated carbocycles. The topological polar surface area (TPSA) is 111 Å². The van der Waals surface area contributed by atoms with Crippen molar-refractivity contribution in [3.63, 3.8) is 0 Å². The van der Waals surface area contributed by atoms with E-state index in [1.54, 1.807) is 23.1 Å². The number of thiazole rings is 1. The average molecular weight is 369 g/mol. The molecule has 4 rings (SSSR count). The predicted molar refractivity (Wildman–Crippen MR) is 90.2 cm³/mol. The van der Waals surface area contributed by atoms with Gasteiger partial charge in [-0.05, 0) is 6.42 Å². The first-order chi connectivity index (χ1) is 12.6. The van der Waals surface area contributed by atoms with Gasteiger partial charge in [0.25, 0.3) is 5.91 Å². The third-order valence-electron chi connectivity index (χ3n) is 4.69. The van der Waals surface area contributed by atoms with Crippen LogP contribution in [0.25, 0.3) is 5.13 Å². The molecule has 0 N–H and O–H groups in total. The quantitative estimate of drug-likeness (QED) is 0.730. The molecule has 2 atom stereocenters. The molecule has 2 aliphatic heterocycles. The molecule has 1 saturated heterocycles. The number of rotatable bonds is 4. The van der Waals surface area contributed by atoms with Gasteiger partial charge in [-0.2, -0.15) is 15.6 Å². The van der Waals surface area contributed by atoms with Crippen LogP contribution in [0, 0.1) is 22.8 Å². The Balaban J connectivity index is 1.52. The number of likely N-dealkylation sites (tertiary alicyclic amines) is 1. The first kappa shape index (κ1) is 16.5. The highest BCUT2D eigenvalue weighted by atomic mass is 32.1. The van der Waals surface area contributed by atoms with E-state index < -0.39 is 0 Å².